The van der Waals surface area contributed by atoms with Crippen LogP contribution in [0.25, 0.3) is 0 Å². The number of aromatic nitrogens is 5. The zero-order valence-corrected chi connectivity index (χ0v) is 10.3. The number of nitrogens with one attached hydrogen (secondary N) is 1. The van der Waals surface area contributed by atoms with Crippen molar-refractivity contribution < 1.29 is 0 Å². The summed E-state index contributed by atoms with van der Waals surface area (Å²) < 4.78 is 0. The Morgan fingerprint density at radius 2 is 2.29 bits per heavy atom. The zero-order chi connectivity index (χ0) is 12.3. The molecule has 0 aliphatic rings. The molecule has 17 heavy (non-hydrogen) atoms. The summed E-state index contributed by atoms with van der Waals surface area (Å²) >= 11 is 0. The highest BCUT2D eigenvalue weighted by Gasteiger charge is 2.15. The van der Waals surface area contributed by atoms with E-state index in [9.17, 15) is 0 Å². The summed E-state index contributed by atoms with van der Waals surface area (Å²) in [5, 5.41) is 15.3. The average Bonchev–Trinajstić information content (AvgIpc) is 2.73. The monoisotopic (exact) mass is 232 g/mol. The van der Waals surface area contributed by atoms with Gasteiger partial charge in [0, 0.05) is 24.9 Å². The third-order valence-corrected chi connectivity index (χ3v) is 2.72. The molecule has 0 spiro atoms. The Balaban J connectivity index is 2.20. The van der Waals surface area contributed by atoms with Gasteiger partial charge in [0.1, 0.15) is 0 Å². The molecule has 0 saturated carbocycles. The number of hydrogen-bond donors (Lipinski definition) is 1. The number of pyridine rings is 1. The van der Waals surface area contributed by atoms with Crippen LogP contribution in [0.1, 0.15) is 23.0 Å². The maximum Gasteiger partial charge on any atom is 0.176 e. The summed E-state index contributed by atoms with van der Waals surface area (Å²) in [5.41, 5.74) is 2.38. The quantitative estimate of drug-likeness (QED) is 0.827. The predicted octanol–water partition coefficient (Wildman–Crippen LogP) is 0.417. The first-order valence-electron chi connectivity index (χ1n) is 5.51. The second-order valence-electron chi connectivity index (χ2n) is 3.97. The molecule has 90 valence electrons. The molecule has 0 saturated heterocycles. The van der Waals surface area contributed by atoms with Gasteiger partial charge >= 0.3 is 0 Å². The Hall–Kier alpha value is -1.82. The van der Waals surface area contributed by atoms with Gasteiger partial charge in [0.2, 0.25) is 0 Å². The third-order valence-electron chi connectivity index (χ3n) is 2.72. The molecular formula is C11H16N6. The van der Waals surface area contributed by atoms with E-state index in [1.54, 1.807) is 13.2 Å². The van der Waals surface area contributed by atoms with Crippen molar-refractivity contribution in [2.24, 2.45) is 7.05 Å². The van der Waals surface area contributed by atoms with E-state index >= 15 is 0 Å². The van der Waals surface area contributed by atoms with Crippen LogP contribution in [0.4, 0.5) is 0 Å². The van der Waals surface area contributed by atoms with Crippen molar-refractivity contribution in [3.63, 3.8) is 0 Å². The van der Waals surface area contributed by atoms with E-state index in [0.717, 1.165) is 17.8 Å². The van der Waals surface area contributed by atoms with Crippen molar-refractivity contribution in [2.45, 2.75) is 19.4 Å². The number of tetrazole rings is 1. The highest BCUT2D eigenvalue weighted by atomic mass is 15.6. The third kappa shape index (κ3) is 2.65. The molecule has 2 heterocycles. The molecule has 2 aromatic rings. The summed E-state index contributed by atoms with van der Waals surface area (Å²) in [6.07, 6.45) is 4.38. The van der Waals surface area contributed by atoms with Crippen molar-refractivity contribution in [2.75, 3.05) is 7.05 Å². The predicted molar refractivity (Wildman–Crippen MR) is 63.3 cm³/mol. The first kappa shape index (κ1) is 11.7. The lowest BCUT2D eigenvalue weighted by molar-refractivity contribution is 0.567. The number of rotatable bonds is 4. The van der Waals surface area contributed by atoms with Crippen LogP contribution >= 0.6 is 0 Å². The summed E-state index contributed by atoms with van der Waals surface area (Å²) in [6.45, 7) is 2.05. The first-order valence-corrected chi connectivity index (χ1v) is 5.51. The van der Waals surface area contributed by atoms with Crippen molar-refractivity contribution in [3.05, 3.63) is 35.4 Å². The minimum absolute atomic E-state index is 0.183. The van der Waals surface area contributed by atoms with E-state index in [0.29, 0.717) is 0 Å². The molecule has 6 nitrogen and oxygen atoms in total. The van der Waals surface area contributed by atoms with Gasteiger partial charge in [-0.3, -0.25) is 4.98 Å². The molecular weight excluding hydrogens is 216 g/mol. The Labute approximate surface area is 100 Å². The standard InChI is InChI=1S/C11H16N6/c1-8-7-13-5-4-9(8)10(12-2)6-11-14-16-17(3)15-11/h4-5,7,10,12H,6H2,1-3H3. The first-order chi connectivity index (χ1) is 8.20. The fourth-order valence-electron chi connectivity index (χ4n) is 1.83. The molecule has 6 heteroatoms. The van der Waals surface area contributed by atoms with E-state index < -0.39 is 0 Å². The van der Waals surface area contributed by atoms with Crippen LogP contribution in [0.5, 0.6) is 0 Å². The van der Waals surface area contributed by atoms with Gasteiger partial charge in [0.05, 0.1) is 7.05 Å². The molecule has 0 aliphatic carbocycles. The van der Waals surface area contributed by atoms with Crippen LogP contribution in [-0.2, 0) is 13.5 Å². The maximum absolute atomic E-state index is 4.19. The van der Waals surface area contributed by atoms with Crippen LogP contribution in [0.3, 0.4) is 0 Å². The van der Waals surface area contributed by atoms with E-state index in [4.69, 9.17) is 0 Å². The van der Waals surface area contributed by atoms with Crippen LogP contribution < -0.4 is 5.32 Å². The van der Waals surface area contributed by atoms with Gasteiger partial charge in [0.15, 0.2) is 5.82 Å². The SMILES string of the molecule is CNC(Cc1nnn(C)n1)c1ccncc1C. The average molecular weight is 232 g/mol. The Kier molecular flexibility index (Phi) is 3.43. The molecule has 2 aromatic heterocycles. The molecule has 0 aromatic carbocycles. The molecule has 1 atom stereocenters. The van der Waals surface area contributed by atoms with E-state index in [1.165, 1.54) is 10.4 Å². The number of nitrogens with zero attached hydrogens (tertiary/aromatic N) is 5. The highest BCUT2D eigenvalue weighted by Crippen LogP contribution is 2.18. The number of likely N-dealkylation sites (N-methyl/N-ethyl adjacent to an activating group) is 1. The lowest BCUT2D eigenvalue weighted by atomic mass is 10.0. The van der Waals surface area contributed by atoms with Crippen LogP contribution in [0.2, 0.25) is 0 Å². The number of aryl methyl sites for hydroxylation is 2. The topological polar surface area (TPSA) is 68.5 Å². The minimum Gasteiger partial charge on any atom is -0.313 e. The zero-order valence-electron chi connectivity index (χ0n) is 10.3. The summed E-state index contributed by atoms with van der Waals surface area (Å²) in [7, 11) is 3.70. The van der Waals surface area contributed by atoms with E-state index in [2.05, 4.69) is 32.6 Å². The van der Waals surface area contributed by atoms with Crippen LogP contribution in [-0.4, -0.2) is 32.2 Å². The fourth-order valence-corrected chi connectivity index (χ4v) is 1.83. The Bertz CT molecular complexity index is 492. The van der Waals surface area contributed by atoms with Gasteiger partial charge in [-0.15, -0.1) is 10.2 Å². The van der Waals surface area contributed by atoms with E-state index in [-0.39, 0.29) is 6.04 Å². The molecule has 0 radical (unpaired) electrons. The minimum atomic E-state index is 0.183. The summed E-state index contributed by atoms with van der Waals surface area (Å²) in [6, 6.07) is 2.20. The largest absolute Gasteiger partial charge is 0.313 e. The van der Waals surface area contributed by atoms with Gasteiger partial charge in [-0.25, -0.2) is 0 Å². The second kappa shape index (κ2) is 5.01. The Morgan fingerprint density at radius 1 is 1.47 bits per heavy atom. The normalized spacial score (nSPS) is 12.6. The maximum atomic E-state index is 4.19. The van der Waals surface area contributed by atoms with Crippen molar-refractivity contribution >= 4 is 0 Å². The van der Waals surface area contributed by atoms with Crippen LogP contribution in [0.15, 0.2) is 18.5 Å². The number of hydrogen-bond acceptors (Lipinski definition) is 5. The second-order valence-corrected chi connectivity index (χ2v) is 3.97. The molecule has 2 rings (SSSR count). The van der Waals surface area contributed by atoms with Gasteiger partial charge in [-0.1, -0.05) is 0 Å². The highest BCUT2D eigenvalue weighted by molar-refractivity contribution is 5.25. The Morgan fingerprint density at radius 3 is 2.88 bits per heavy atom. The van der Waals surface area contributed by atoms with Crippen molar-refractivity contribution in [1.82, 2.24) is 30.5 Å². The molecule has 1 unspecified atom stereocenters. The lowest BCUT2D eigenvalue weighted by Gasteiger charge is -2.16. The molecule has 0 bridgehead atoms. The molecule has 1 N–H and O–H groups in total. The van der Waals surface area contributed by atoms with Gasteiger partial charge < -0.3 is 5.32 Å². The summed E-state index contributed by atoms with van der Waals surface area (Å²) in [5.74, 6) is 0.739. The summed E-state index contributed by atoms with van der Waals surface area (Å²) in [4.78, 5) is 5.57. The van der Waals surface area contributed by atoms with Gasteiger partial charge in [0.25, 0.3) is 0 Å². The van der Waals surface area contributed by atoms with E-state index in [1.807, 2.05) is 19.3 Å². The van der Waals surface area contributed by atoms with Crippen molar-refractivity contribution in [1.29, 1.82) is 0 Å². The fraction of sp³-hybridized carbons (Fsp3) is 0.455. The van der Waals surface area contributed by atoms with Crippen molar-refractivity contribution in [3.8, 4) is 0 Å². The lowest BCUT2D eigenvalue weighted by Crippen LogP contribution is -2.20. The van der Waals surface area contributed by atoms with Crippen LogP contribution in [0, 0.1) is 6.92 Å². The molecule has 0 fully saturated rings. The van der Waals surface area contributed by atoms with Gasteiger partial charge in [-0.2, -0.15) is 4.80 Å². The van der Waals surface area contributed by atoms with Gasteiger partial charge in [-0.05, 0) is 36.4 Å². The molecule has 0 aliphatic heterocycles. The smallest absolute Gasteiger partial charge is 0.176 e. The molecule has 0 amide bonds.